The van der Waals surface area contributed by atoms with Crippen molar-refractivity contribution in [1.82, 2.24) is 0 Å². The van der Waals surface area contributed by atoms with E-state index in [2.05, 4.69) is 42.5 Å². The lowest BCUT2D eigenvalue weighted by atomic mass is 9.96. The summed E-state index contributed by atoms with van der Waals surface area (Å²) >= 11 is 0. The van der Waals surface area contributed by atoms with E-state index in [0.29, 0.717) is 0 Å². The van der Waals surface area contributed by atoms with Crippen LogP contribution in [0.1, 0.15) is 37.3 Å². The van der Waals surface area contributed by atoms with E-state index >= 15 is 0 Å². The lowest BCUT2D eigenvalue weighted by molar-refractivity contribution is 0.578. The maximum atomic E-state index is 6.34. The summed E-state index contributed by atoms with van der Waals surface area (Å²) in [5.41, 5.74) is 7.65. The molecule has 88 valence electrons. The molecule has 2 aromatic rings. The molecular formula is C16H19N. The molecule has 1 heteroatoms. The zero-order chi connectivity index (χ0) is 11.7. The monoisotopic (exact) mass is 225 g/mol. The van der Waals surface area contributed by atoms with Crippen LogP contribution in [0.2, 0.25) is 0 Å². The minimum atomic E-state index is 0.196. The molecule has 1 saturated carbocycles. The Morgan fingerprint density at radius 3 is 2.65 bits per heavy atom. The first-order valence-corrected chi connectivity index (χ1v) is 6.58. The second-order valence-corrected chi connectivity index (χ2v) is 5.20. The van der Waals surface area contributed by atoms with Crippen molar-refractivity contribution >= 4 is 10.8 Å². The molecule has 1 atom stereocenters. The third-order valence-electron chi connectivity index (χ3n) is 3.81. The highest BCUT2D eigenvalue weighted by Crippen LogP contribution is 2.36. The Balaban J connectivity index is 1.87. The lowest BCUT2D eigenvalue weighted by Crippen LogP contribution is -2.10. The average molecular weight is 225 g/mol. The van der Waals surface area contributed by atoms with Crippen LogP contribution in [0.5, 0.6) is 0 Å². The minimum Gasteiger partial charge on any atom is -0.324 e. The number of rotatable bonds is 4. The van der Waals surface area contributed by atoms with E-state index in [9.17, 15) is 0 Å². The zero-order valence-corrected chi connectivity index (χ0v) is 10.1. The van der Waals surface area contributed by atoms with Crippen LogP contribution in [0.15, 0.2) is 42.5 Å². The van der Waals surface area contributed by atoms with Crippen LogP contribution in [0.4, 0.5) is 0 Å². The highest BCUT2D eigenvalue weighted by atomic mass is 14.6. The molecular weight excluding hydrogens is 206 g/mol. The maximum absolute atomic E-state index is 6.34. The smallest absolute Gasteiger partial charge is 0.0301 e. The van der Waals surface area contributed by atoms with E-state index in [-0.39, 0.29) is 6.04 Å². The summed E-state index contributed by atoms with van der Waals surface area (Å²) in [4.78, 5) is 0. The molecule has 2 N–H and O–H groups in total. The van der Waals surface area contributed by atoms with Gasteiger partial charge in [0, 0.05) is 6.04 Å². The van der Waals surface area contributed by atoms with E-state index < -0.39 is 0 Å². The molecule has 2 aromatic carbocycles. The first kappa shape index (κ1) is 10.8. The molecule has 0 bridgehead atoms. The lowest BCUT2D eigenvalue weighted by Gasteiger charge is -2.14. The molecule has 1 unspecified atom stereocenters. The quantitative estimate of drug-likeness (QED) is 0.835. The molecule has 0 amide bonds. The van der Waals surface area contributed by atoms with E-state index in [0.717, 1.165) is 12.3 Å². The largest absolute Gasteiger partial charge is 0.324 e. The number of benzene rings is 2. The Labute approximate surface area is 103 Å². The van der Waals surface area contributed by atoms with Crippen LogP contribution in [-0.4, -0.2) is 0 Å². The van der Waals surface area contributed by atoms with E-state index in [4.69, 9.17) is 5.73 Å². The van der Waals surface area contributed by atoms with Gasteiger partial charge >= 0.3 is 0 Å². The molecule has 1 aliphatic rings. The molecule has 17 heavy (non-hydrogen) atoms. The van der Waals surface area contributed by atoms with Crippen molar-refractivity contribution in [3.05, 3.63) is 48.0 Å². The first-order valence-electron chi connectivity index (χ1n) is 6.58. The van der Waals surface area contributed by atoms with Gasteiger partial charge in [-0.1, -0.05) is 55.3 Å². The van der Waals surface area contributed by atoms with Crippen LogP contribution in [0.25, 0.3) is 10.8 Å². The Morgan fingerprint density at radius 1 is 1.06 bits per heavy atom. The van der Waals surface area contributed by atoms with Gasteiger partial charge in [-0.05, 0) is 35.1 Å². The van der Waals surface area contributed by atoms with Gasteiger partial charge in [0.2, 0.25) is 0 Å². The van der Waals surface area contributed by atoms with Crippen molar-refractivity contribution in [3.8, 4) is 0 Å². The number of hydrogen-bond donors (Lipinski definition) is 1. The number of fused-ring (bicyclic) bond motifs is 1. The molecule has 3 rings (SSSR count). The molecule has 1 aliphatic carbocycles. The van der Waals surface area contributed by atoms with E-state index in [1.165, 1.54) is 35.6 Å². The fourth-order valence-corrected chi connectivity index (χ4v) is 2.55. The van der Waals surface area contributed by atoms with Crippen LogP contribution in [0, 0.1) is 5.92 Å². The van der Waals surface area contributed by atoms with Crippen molar-refractivity contribution in [1.29, 1.82) is 0 Å². The van der Waals surface area contributed by atoms with Gasteiger partial charge in [0.05, 0.1) is 0 Å². The second kappa shape index (κ2) is 4.50. The van der Waals surface area contributed by atoms with Gasteiger partial charge in [0.25, 0.3) is 0 Å². The highest BCUT2D eigenvalue weighted by molar-refractivity contribution is 5.86. The fraction of sp³-hybridized carbons (Fsp3) is 0.375. The van der Waals surface area contributed by atoms with E-state index in [1.807, 2.05) is 0 Å². The predicted octanol–water partition coefficient (Wildman–Crippen LogP) is 4.03. The minimum absolute atomic E-state index is 0.196. The zero-order valence-electron chi connectivity index (χ0n) is 10.1. The molecule has 1 nitrogen and oxygen atoms in total. The van der Waals surface area contributed by atoms with Gasteiger partial charge in [-0.25, -0.2) is 0 Å². The van der Waals surface area contributed by atoms with Crippen LogP contribution >= 0.6 is 0 Å². The van der Waals surface area contributed by atoms with Gasteiger partial charge < -0.3 is 5.73 Å². The summed E-state index contributed by atoms with van der Waals surface area (Å²) in [5.74, 6) is 0.969. The summed E-state index contributed by atoms with van der Waals surface area (Å²) in [7, 11) is 0. The normalized spacial score (nSPS) is 17.2. The van der Waals surface area contributed by atoms with Gasteiger partial charge in [-0.15, -0.1) is 0 Å². The molecule has 1 fully saturated rings. The summed E-state index contributed by atoms with van der Waals surface area (Å²) < 4.78 is 0. The molecule has 0 spiro atoms. The average Bonchev–Trinajstić information content (AvgIpc) is 3.19. The molecule has 0 radical (unpaired) electrons. The maximum Gasteiger partial charge on any atom is 0.0301 e. The summed E-state index contributed by atoms with van der Waals surface area (Å²) in [6.07, 6.45) is 5.26. The Bertz CT molecular complexity index is 508. The summed E-state index contributed by atoms with van der Waals surface area (Å²) in [5, 5.41) is 2.62. The Morgan fingerprint density at radius 2 is 1.82 bits per heavy atom. The molecule has 0 aliphatic heterocycles. The van der Waals surface area contributed by atoms with Crippen LogP contribution in [0.3, 0.4) is 0 Å². The van der Waals surface area contributed by atoms with Crippen LogP contribution < -0.4 is 5.73 Å². The summed E-state index contributed by atoms with van der Waals surface area (Å²) in [6.45, 7) is 0. The molecule has 0 aromatic heterocycles. The molecule has 0 heterocycles. The van der Waals surface area contributed by atoms with Crippen molar-refractivity contribution < 1.29 is 0 Å². The van der Waals surface area contributed by atoms with Gasteiger partial charge in [0.15, 0.2) is 0 Å². The third-order valence-corrected chi connectivity index (χ3v) is 3.81. The van der Waals surface area contributed by atoms with Crippen LogP contribution in [-0.2, 0) is 0 Å². The number of hydrogen-bond acceptors (Lipinski definition) is 1. The van der Waals surface area contributed by atoms with Crippen molar-refractivity contribution in [2.45, 2.75) is 31.7 Å². The third kappa shape index (κ3) is 2.34. The molecule has 0 saturated heterocycles. The van der Waals surface area contributed by atoms with Crippen molar-refractivity contribution in [2.75, 3.05) is 0 Å². The van der Waals surface area contributed by atoms with Gasteiger partial charge in [-0.3, -0.25) is 0 Å². The topological polar surface area (TPSA) is 26.0 Å². The van der Waals surface area contributed by atoms with Crippen molar-refractivity contribution in [3.63, 3.8) is 0 Å². The Kier molecular flexibility index (Phi) is 2.86. The highest BCUT2D eigenvalue weighted by Gasteiger charge is 2.22. The standard InChI is InChI=1S/C16H19N/c17-16(11-10-12-8-9-12)15-7-3-5-13-4-1-2-6-14(13)15/h1-7,12,16H,8-11,17H2. The van der Waals surface area contributed by atoms with Gasteiger partial charge in [0.1, 0.15) is 0 Å². The fourth-order valence-electron chi connectivity index (χ4n) is 2.55. The predicted molar refractivity (Wildman–Crippen MR) is 72.8 cm³/mol. The number of nitrogens with two attached hydrogens (primary N) is 1. The summed E-state index contributed by atoms with van der Waals surface area (Å²) in [6, 6.07) is 15.2. The van der Waals surface area contributed by atoms with Gasteiger partial charge in [-0.2, -0.15) is 0 Å². The van der Waals surface area contributed by atoms with E-state index in [1.54, 1.807) is 0 Å². The second-order valence-electron chi connectivity index (χ2n) is 5.20. The first-order chi connectivity index (χ1) is 8.34. The SMILES string of the molecule is NC(CCC1CC1)c1cccc2ccccc12. The van der Waals surface area contributed by atoms with Crippen molar-refractivity contribution in [2.24, 2.45) is 11.7 Å². The Hall–Kier alpha value is -1.34.